The molecule has 0 aliphatic heterocycles. The van der Waals surface area contributed by atoms with Crippen molar-refractivity contribution in [2.75, 3.05) is 6.61 Å². The number of rotatable bonds is 3. The van der Waals surface area contributed by atoms with Crippen molar-refractivity contribution in [3.8, 4) is 11.3 Å². The van der Waals surface area contributed by atoms with Gasteiger partial charge in [-0.1, -0.05) is 0 Å². The Labute approximate surface area is 115 Å². The summed E-state index contributed by atoms with van der Waals surface area (Å²) < 4.78 is 8.62. The van der Waals surface area contributed by atoms with Crippen molar-refractivity contribution in [1.29, 1.82) is 0 Å². The quantitative estimate of drug-likeness (QED) is 0.682. The number of hydrogen-bond donors (Lipinski definition) is 0. The fraction of sp³-hybridized carbons (Fsp3) is 0.214. The molecule has 0 bridgehead atoms. The lowest BCUT2D eigenvalue weighted by Crippen LogP contribution is -2.05. The first kappa shape index (κ1) is 12.4. The lowest BCUT2D eigenvalue weighted by molar-refractivity contribution is 0.0528. The molecule has 6 heteroatoms. The number of carbonyl (C=O) groups is 1. The van der Waals surface area contributed by atoms with Crippen LogP contribution in [0.4, 0.5) is 0 Å². The Bertz CT molecular complexity index is 772. The number of carbonyl (C=O) groups excluding carboxylic acids is 1. The average molecular weight is 270 g/mol. The summed E-state index contributed by atoms with van der Waals surface area (Å²) in [5, 5.41) is 4.25. The van der Waals surface area contributed by atoms with Gasteiger partial charge >= 0.3 is 5.97 Å². The predicted octanol–water partition coefficient (Wildman–Crippen LogP) is 1.91. The van der Waals surface area contributed by atoms with Crippen molar-refractivity contribution in [2.45, 2.75) is 6.92 Å². The number of nitrogens with zero attached hydrogens (tertiary/aromatic N) is 4. The largest absolute Gasteiger partial charge is 0.462 e. The molecule has 0 saturated heterocycles. The zero-order valence-electron chi connectivity index (χ0n) is 11.3. The highest BCUT2D eigenvalue weighted by atomic mass is 16.5. The zero-order valence-corrected chi connectivity index (χ0v) is 11.3. The Morgan fingerprint density at radius 2 is 2.25 bits per heavy atom. The molecule has 20 heavy (non-hydrogen) atoms. The maximum Gasteiger partial charge on any atom is 0.343 e. The molecule has 102 valence electrons. The van der Waals surface area contributed by atoms with Crippen LogP contribution in [-0.4, -0.2) is 31.7 Å². The van der Waals surface area contributed by atoms with E-state index < -0.39 is 5.97 Å². The highest BCUT2D eigenvalue weighted by Gasteiger charge is 2.17. The minimum Gasteiger partial charge on any atom is -0.462 e. The molecule has 0 atom stereocenters. The van der Waals surface area contributed by atoms with Crippen molar-refractivity contribution in [3.05, 3.63) is 42.5 Å². The average Bonchev–Trinajstić information content (AvgIpc) is 3.04. The molecule has 6 nitrogen and oxygen atoms in total. The van der Waals surface area contributed by atoms with Gasteiger partial charge in [-0.05, 0) is 19.1 Å². The van der Waals surface area contributed by atoms with E-state index >= 15 is 0 Å². The van der Waals surface area contributed by atoms with Gasteiger partial charge < -0.3 is 9.30 Å². The van der Waals surface area contributed by atoms with Crippen LogP contribution in [-0.2, 0) is 11.8 Å². The molecule has 3 heterocycles. The topological polar surface area (TPSA) is 61.4 Å². The van der Waals surface area contributed by atoms with Crippen LogP contribution in [0, 0.1) is 0 Å². The molecule has 0 unspecified atom stereocenters. The van der Waals surface area contributed by atoms with Crippen LogP contribution in [0.3, 0.4) is 0 Å². The Morgan fingerprint density at radius 3 is 2.95 bits per heavy atom. The van der Waals surface area contributed by atoms with E-state index in [2.05, 4.69) is 10.1 Å². The number of aromatic nitrogens is 4. The summed E-state index contributed by atoms with van der Waals surface area (Å²) in [7, 11) is 1.95. The van der Waals surface area contributed by atoms with E-state index in [-0.39, 0.29) is 0 Å². The zero-order chi connectivity index (χ0) is 14.1. The van der Waals surface area contributed by atoms with Crippen LogP contribution >= 0.6 is 0 Å². The Hall–Kier alpha value is -2.63. The third-order valence-corrected chi connectivity index (χ3v) is 3.02. The molecule has 3 aromatic heterocycles. The second-order valence-corrected chi connectivity index (χ2v) is 4.41. The van der Waals surface area contributed by atoms with Crippen LogP contribution in [0.25, 0.3) is 16.9 Å². The summed E-state index contributed by atoms with van der Waals surface area (Å²) in [4.78, 5) is 16.1. The molecule has 0 aromatic carbocycles. The minimum atomic E-state index is -0.403. The SMILES string of the molecule is CCOC(=O)c1cnn2c(-c3ccn(C)c3)ccnc12. The fourth-order valence-corrected chi connectivity index (χ4v) is 2.12. The number of esters is 1. The first-order valence-electron chi connectivity index (χ1n) is 6.33. The van der Waals surface area contributed by atoms with Gasteiger partial charge in [0.15, 0.2) is 5.65 Å². The number of hydrogen-bond acceptors (Lipinski definition) is 4. The second-order valence-electron chi connectivity index (χ2n) is 4.41. The summed E-state index contributed by atoms with van der Waals surface area (Å²) in [5.41, 5.74) is 2.78. The van der Waals surface area contributed by atoms with Gasteiger partial charge in [0.1, 0.15) is 5.56 Å². The first-order valence-corrected chi connectivity index (χ1v) is 6.33. The van der Waals surface area contributed by atoms with E-state index in [0.29, 0.717) is 17.8 Å². The fourth-order valence-electron chi connectivity index (χ4n) is 2.12. The number of ether oxygens (including phenoxy) is 1. The predicted molar refractivity (Wildman–Crippen MR) is 73.4 cm³/mol. The van der Waals surface area contributed by atoms with Gasteiger partial charge in [0.05, 0.1) is 18.5 Å². The third kappa shape index (κ3) is 1.95. The molecule has 0 saturated carbocycles. The molecule has 0 N–H and O–H groups in total. The van der Waals surface area contributed by atoms with Crippen molar-refractivity contribution in [2.24, 2.45) is 7.05 Å². The molecule has 3 aromatic rings. The molecule has 0 amide bonds. The molecule has 0 fully saturated rings. The van der Waals surface area contributed by atoms with Gasteiger partial charge in [-0.25, -0.2) is 14.3 Å². The summed E-state index contributed by atoms with van der Waals surface area (Å²) in [6, 6.07) is 3.85. The Kier molecular flexibility index (Phi) is 2.98. The Morgan fingerprint density at radius 1 is 1.40 bits per heavy atom. The summed E-state index contributed by atoms with van der Waals surface area (Å²) >= 11 is 0. The lowest BCUT2D eigenvalue weighted by atomic mass is 10.2. The monoisotopic (exact) mass is 270 g/mol. The van der Waals surface area contributed by atoms with Crippen LogP contribution in [0.2, 0.25) is 0 Å². The van der Waals surface area contributed by atoms with Crippen molar-refractivity contribution in [1.82, 2.24) is 19.2 Å². The smallest absolute Gasteiger partial charge is 0.343 e. The molecule has 0 spiro atoms. The van der Waals surface area contributed by atoms with Gasteiger partial charge in [0.2, 0.25) is 0 Å². The van der Waals surface area contributed by atoms with Gasteiger partial charge in [-0.2, -0.15) is 5.10 Å². The first-order chi connectivity index (χ1) is 9.70. The van der Waals surface area contributed by atoms with Gasteiger partial charge in [0, 0.05) is 31.2 Å². The van der Waals surface area contributed by atoms with Crippen molar-refractivity contribution >= 4 is 11.6 Å². The van der Waals surface area contributed by atoms with Crippen LogP contribution in [0.1, 0.15) is 17.3 Å². The molecule has 0 radical (unpaired) electrons. The van der Waals surface area contributed by atoms with Gasteiger partial charge in [0.25, 0.3) is 0 Å². The maximum atomic E-state index is 11.9. The summed E-state index contributed by atoms with van der Waals surface area (Å²) in [6.07, 6.45) is 7.10. The standard InChI is InChI=1S/C14H14N4O2/c1-3-20-14(19)11-8-16-18-12(4-6-15-13(11)18)10-5-7-17(2)9-10/h4-9H,3H2,1-2H3. The minimum absolute atomic E-state index is 0.328. The molecule has 0 aliphatic rings. The van der Waals surface area contributed by atoms with Crippen LogP contribution < -0.4 is 0 Å². The summed E-state index contributed by atoms with van der Waals surface area (Å²) in [5.74, 6) is -0.403. The van der Waals surface area contributed by atoms with Gasteiger partial charge in [-0.3, -0.25) is 0 Å². The second kappa shape index (κ2) is 4.80. The van der Waals surface area contributed by atoms with E-state index in [1.165, 1.54) is 6.20 Å². The van der Waals surface area contributed by atoms with Crippen LogP contribution in [0.15, 0.2) is 36.9 Å². The van der Waals surface area contributed by atoms with Crippen molar-refractivity contribution in [3.63, 3.8) is 0 Å². The summed E-state index contributed by atoms with van der Waals surface area (Å²) in [6.45, 7) is 2.10. The third-order valence-electron chi connectivity index (χ3n) is 3.02. The highest BCUT2D eigenvalue weighted by molar-refractivity contribution is 5.95. The number of fused-ring (bicyclic) bond motifs is 1. The maximum absolute atomic E-state index is 11.9. The van der Waals surface area contributed by atoms with E-state index in [1.54, 1.807) is 17.6 Å². The molecule has 3 rings (SSSR count). The van der Waals surface area contributed by atoms with Crippen molar-refractivity contribution < 1.29 is 9.53 Å². The lowest BCUT2D eigenvalue weighted by Gasteiger charge is -2.03. The highest BCUT2D eigenvalue weighted by Crippen LogP contribution is 2.21. The molecular formula is C14H14N4O2. The van der Waals surface area contributed by atoms with E-state index in [4.69, 9.17) is 4.74 Å². The molecular weight excluding hydrogens is 256 g/mol. The van der Waals surface area contributed by atoms with Gasteiger partial charge in [-0.15, -0.1) is 0 Å². The normalized spacial score (nSPS) is 10.9. The Balaban J connectivity index is 2.15. The molecule has 0 aliphatic carbocycles. The van der Waals surface area contributed by atoms with E-state index in [0.717, 1.165) is 11.3 Å². The van der Waals surface area contributed by atoms with E-state index in [9.17, 15) is 4.79 Å². The van der Waals surface area contributed by atoms with E-state index in [1.807, 2.05) is 36.1 Å². The number of aryl methyl sites for hydroxylation is 1. The van der Waals surface area contributed by atoms with Crippen LogP contribution in [0.5, 0.6) is 0 Å².